The first-order valence-corrected chi connectivity index (χ1v) is 9.48. The zero-order valence-electron chi connectivity index (χ0n) is 14.5. The van der Waals surface area contributed by atoms with Crippen LogP contribution in [0.1, 0.15) is 17.2 Å². The summed E-state index contributed by atoms with van der Waals surface area (Å²) >= 11 is 0. The summed E-state index contributed by atoms with van der Waals surface area (Å²) in [4.78, 5) is 2.27. The highest BCUT2D eigenvalue weighted by Gasteiger charge is 2.23. The average Bonchev–Trinajstić information content (AvgIpc) is 3.02. The highest BCUT2D eigenvalue weighted by molar-refractivity contribution is 7.89. The second-order valence-electron chi connectivity index (χ2n) is 6.21. The lowest BCUT2D eigenvalue weighted by atomic mass is 10.1. The van der Waals surface area contributed by atoms with E-state index in [1.807, 2.05) is 43.3 Å². The molecule has 134 valence electrons. The van der Waals surface area contributed by atoms with Gasteiger partial charge in [-0.3, -0.25) is 0 Å². The van der Waals surface area contributed by atoms with Crippen LogP contribution >= 0.6 is 0 Å². The van der Waals surface area contributed by atoms with Crippen LogP contribution in [0.2, 0.25) is 0 Å². The molecule has 25 heavy (non-hydrogen) atoms. The molecular formula is C18H22N2O4S. The molecule has 0 aromatic heterocycles. The zero-order valence-corrected chi connectivity index (χ0v) is 15.3. The van der Waals surface area contributed by atoms with Crippen molar-refractivity contribution in [3.05, 3.63) is 53.6 Å². The summed E-state index contributed by atoms with van der Waals surface area (Å²) < 4.78 is 38.7. The quantitative estimate of drug-likeness (QED) is 0.854. The van der Waals surface area contributed by atoms with Crippen LogP contribution in [0.15, 0.2) is 47.4 Å². The summed E-state index contributed by atoms with van der Waals surface area (Å²) in [6, 6.07) is 12.5. The summed E-state index contributed by atoms with van der Waals surface area (Å²) in [7, 11) is 0.256. The second-order valence-corrected chi connectivity index (χ2v) is 7.94. The fourth-order valence-electron chi connectivity index (χ4n) is 2.84. The van der Waals surface area contributed by atoms with Crippen molar-refractivity contribution in [2.24, 2.45) is 0 Å². The van der Waals surface area contributed by atoms with Gasteiger partial charge in [0.15, 0.2) is 11.5 Å². The fourth-order valence-corrected chi connectivity index (χ4v) is 4.13. The van der Waals surface area contributed by atoms with E-state index >= 15 is 0 Å². The Kier molecular flexibility index (Phi) is 4.99. The largest absolute Gasteiger partial charge is 0.454 e. The molecule has 0 amide bonds. The number of hydrogen-bond donors (Lipinski definition) is 1. The summed E-state index contributed by atoms with van der Waals surface area (Å²) in [6.45, 7) is 2.25. The lowest BCUT2D eigenvalue weighted by Gasteiger charge is -2.25. The lowest BCUT2D eigenvalue weighted by Crippen LogP contribution is -2.34. The summed E-state index contributed by atoms with van der Waals surface area (Å²) in [5.41, 5.74) is 1.68. The fraction of sp³-hybridized carbons (Fsp3) is 0.333. The van der Waals surface area contributed by atoms with Crippen LogP contribution in [-0.2, 0) is 10.0 Å². The number of aryl methyl sites for hydroxylation is 1. The topological polar surface area (TPSA) is 67.9 Å². The van der Waals surface area contributed by atoms with E-state index in [-0.39, 0.29) is 19.4 Å². The van der Waals surface area contributed by atoms with Gasteiger partial charge in [-0.1, -0.05) is 24.3 Å². The van der Waals surface area contributed by atoms with Crippen molar-refractivity contribution in [2.75, 3.05) is 27.4 Å². The molecule has 1 N–H and O–H groups in total. The van der Waals surface area contributed by atoms with Gasteiger partial charge in [0, 0.05) is 12.6 Å². The van der Waals surface area contributed by atoms with E-state index in [0.29, 0.717) is 16.4 Å². The number of nitrogens with one attached hydrogen (secondary N) is 1. The normalized spacial score (nSPS) is 14.7. The maximum Gasteiger partial charge on any atom is 0.240 e. The van der Waals surface area contributed by atoms with Gasteiger partial charge in [-0.05, 0) is 50.3 Å². The Morgan fingerprint density at radius 2 is 1.84 bits per heavy atom. The van der Waals surface area contributed by atoms with E-state index in [1.165, 1.54) is 0 Å². The van der Waals surface area contributed by atoms with Crippen molar-refractivity contribution >= 4 is 10.0 Å². The van der Waals surface area contributed by atoms with Gasteiger partial charge in [-0.25, -0.2) is 13.1 Å². The zero-order chi connectivity index (χ0) is 18.0. The Morgan fingerprint density at radius 1 is 1.12 bits per heavy atom. The third-order valence-corrected chi connectivity index (χ3v) is 5.84. The van der Waals surface area contributed by atoms with Crippen molar-refractivity contribution < 1.29 is 17.9 Å². The predicted molar refractivity (Wildman–Crippen MR) is 95.4 cm³/mol. The molecule has 0 spiro atoms. The molecule has 0 saturated heterocycles. The van der Waals surface area contributed by atoms with Crippen LogP contribution in [0.4, 0.5) is 0 Å². The number of ether oxygens (including phenoxy) is 2. The lowest BCUT2D eigenvalue weighted by molar-refractivity contribution is 0.174. The standard InChI is InChI=1S/C18H22N2O4S/c1-13-6-4-5-7-18(13)25(21,22)19-11-15(20(2)3)14-8-9-16-17(10-14)24-12-23-16/h4-10,15,19H,11-12H2,1-3H3. The first kappa shape index (κ1) is 17.7. The Hall–Kier alpha value is -2.09. The summed E-state index contributed by atoms with van der Waals surface area (Å²) in [5, 5.41) is 0. The molecular weight excluding hydrogens is 340 g/mol. The van der Waals surface area contributed by atoms with Gasteiger partial charge < -0.3 is 14.4 Å². The number of hydrogen-bond acceptors (Lipinski definition) is 5. The first-order chi connectivity index (χ1) is 11.9. The van der Waals surface area contributed by atoms with Crippen molar-refractivity contribution in [1.82, 2.24) is 9.62 Å². The van der Waals surface area contributed by atoms with Crippen LogP contribution in [0, 0.1) is 6.92 Å². The van der Waals surface area contributed by atoms with E-state index in [4.69, 9.17) is 9.47 Å². The summed E-state index contributed by atoms with van der Waals surface area (Å²) in [6.07, 6.45) is 0. The number of rotatable bonds is 6. The molecule has 2 aromatic carbocycles. The monoisotopic (exact) mass is 362 g/mol. The molecule has 2 aromatic rings. The van der Waals surface area contributed by atoms with Gasteiger partial charge in [0.05, 0.1) is 4.90 Å². The van der Waals surface area contributed by atoms with E-state index < -0.39 is 10.0 Å². The van der Waals surface area contributed by atoms with Crippen molar-refractivity contribution in [3.63, 3.8) is 0 Å². The third-order valence-electron chi connectivity index (χ3n) is 4.25. The van der Waals surface area contributed by atoms with E-state index in [1.54, 1.807) is 25.1 Å². The summed E-state index contributed by atoms with van der Waals surface area (Å²) in [5.74, 6) is 1.40. The Morgan fingerprint density at radius 3 is 2.56 bits per heavy atom. The average molecular weight is 362 g/mol. The van der Waals surface area contributed by atoms with E-state index in [2.05, 4.69) is 4.72 Å². The highest BCUT2D eigenvalue weighted by Crippen LogP contribution is 2.35. The molecule has 6 nitrogen and oxygen atoms in total. The molecule has 0 aliphatic carbocycles. The van der Waals surface area contributed by atoms with Gasteiger partial charge in [0.25, 0.3) is 0 Å². The predicted octanol–water partition coefficient (Wildman–Crippen LogP) is 2.30. The van der Waals surface area contributed by atoms with E-state index in [0.717, 1.165) is 11.1 Å². The van der Waals surface area contributed by atoms with Crippen LogP contribution in [0.5, 0.6) is 11.5 Å². The van der Waals surface area contributed by atoms with Crippen LogP contribution < -0.4 is 14.2 Å². The Balaban J connectivity index is 1.80. The molecule has 0 bridgehead atoms. The van der Waals surface area contributed by atoms with Gasteiger partial charge >= 0.3 is 0 Å². The smallest absolute Gasteiger partial charge is 0.240 e. The van der Waals surface area contributed by atoms with Gasteiger partial charge in [0.2, 0.25) is 16.8 Å². The number of benzene rings is 2. The minimum absolute atomic E-state index is 0.131. The van der Waals surface area contributed by atoms with Gasteiger partial charge in [-0.15, -0.1) is 0 Å². The van der Waals surface area contributed by atoms with E-state index in [9.17, 15) is 8.42 Å². The maximum absolute atomic E-state index is 12.6. The van der Waals surface area contributed by atoms with Gasteiger partial charge in [0.1, 0.15) is 0 Å². The maximum atomic E-state index is 12.6. The minimum atomic E-state index is -3.57. The SMILES string of the molecule is Cc1ccccc1S(=O)(=O)NCC(c1ccc2c(c1)OCO2)N(C)C. The number of sulfonamides is 1. The van der Waals surface area contributed by atoms with Crippen LogP contribution in [0.3, 0.4) is 0 Å². The molecule has 1 heterocycles. The van der Waals surface area contributed by atoms with Crippen molar-refractivity contribution in [3.8, 4) is 11.5 Å². The molecule has 0 radical (unpaired) electrons. The molecule has 3 rings (SSSR count). The molecule has 1 aliphatic rings. The number of likely N-dealkylation sites (N-methyl/N-ethyl adjacent to an activating group) is 1. The molecule has 1 unspecified atom stereocenters. The molecule has 1 atom stereocenters. The number of fused-ring (bicyclic) bond motifs is 1. The van der Waals surface area contributed by atoms with Gasteiger partial charge in [-0.2, -0.15) is 0 Å². The molecule has 1 aliphatic heterocycles. The Bertz CT molecular complexity index is 865. The van der Waals surface area contributed by atoms with Crippen LogP contribution in [-0.4, -0.2) is 40.8 Å². The van der Waals surface area contributed by atoms with Crippen molar-refractivity contribution in [1.29, 1.82) is 0 Å². The molecule has 7 heteroatoms. The second kappa shape index (κ2) is 7.03. The Labute approximate surface area is 148 Å². The van der Waals surface area contributed by atoms with Crippen LogP contribution in [0.25, 0.3) is 0 Å². The third kappa shape index (κ3) is 3.78. The molecule has 0 saturated carbocycles. The molecule has 0 fully saturated rings. The first-order valence-electron chi connectivity index (χ1n) is 8.00. The number of nitrogens with zero attached hydrogens (tertiary/aromatic N) is 1. The highest BCUT2D eigenvalue weighted by atomic mass is 32.2. The minimum Gasteiger partial charge on any atom is -0.454 e. The van der Waals surface area contributed by atoms with Crippen molar-refractivity contribution in [2.45, 2.75) is 17.9 Å².